The van der Waals surface area contributed by atoms with Gasteiger partial charge >= 0.3 is 0 Å². The summed E-state index contributed by atoms with van der Waals surface area (Å²) in [4.78, 5) is 14.9. The van der Waals surface area contributed by atoms with Crippen molar-refractivity contribution in [3.63, 3.8) is 0 Å². The van der Waals surface area contributed by atoms with E-state index < -0.39 is 0 Å². The van der Waals surface area contributed by atoms with Gasteiger partial charge in [0.25, 0.3) is 5.69 Å². The standard InChI is InChI=1S/C20H23N3O3.ClH/c1-14-11-18-20(12-15(14)2)22(13-21-18)8-4-5-9-26-17-6-7-19(23(24)25)16(3)10-17;/h6-7,10-13H,4-5,8-9H2,1-3H3;1H. The lowest BCUT2D eigenvalue weighted by Crippen LogP contribution is -2.02. The van der Waals surface area contributed by atoms with E-state index in [-0.39, 0.29) is 23.0 Å². The molecule has 0 aliphatic carbocycles. The maximum atomic E-state index is 10.8. The van der Waals surface area contributed by atoms with Gasteiger partial charge in [0.2, 0.25) is 0 Å². The van der Waals surface area contributed by atoms with Crippen LogP contribution in [0.15, 0.2) is 36.7 Å². The highest BCUT2D eigenvalue weighted by Gasteiger charge is 2.10. The summed E-state index contributed by atoms with van der Waals surface area (Å²) in [7, 11) is 0. The highest BCUT2D eigenvalue weighted by molar-refractivity contribution is 5.85. The van der Waals surface area contributed by atoms with Crippen molar-refractivity contribution in [3.8, 4) is 5.75 Å². The number of hydrogen-bond acceptors (Lipinski definition) is 4. The molecule has 3 aromatic rings. The predicted molar refractivity (Wildman–Crippen MR) is 109 cm³/mol. The molecule has 0 N–H and O–H groups in total. The number of halogens is 1. The topological polar surface area (TPSA) is 70.2 Å². The molecule has 0 aliphatic rings. The van der Waals surface area contributed by atoms with Crippen LogP contribution >= 0.6 is 12.4 Å². The van der Waals surface area contributed by atoms with Crippen molar-refractivity contribution in [1.29, 1.82) is 0 Å². The average Bonchev–Trinajstić information content (AvgIpc) is 2.96. The first-order chi connectivity index (χ1) is 12.5. The highest BCUT2D eigenvalue weighted by atomic mass is 35.5. The lowest BCUT2D eigenvalue weighted by molar-refractivity contribution is -0.385. The molecule has 6 nitrogen and oxygen atoms in total. The third-order valence-corrected chi connectivity index (χ3v) is 4.66. The van der Waals surface area contributed by atoms with Gasteiger partial charge in [-0.25, -0.2) is 4.98 Å². The Morgan fingerprint density at radius 1 is 1.07 bits per heavy atom. The van der Waals surface area contributed by atoms with Gasteiger partial charge in [0.05, 0.1) is 28.9 Å². The van der Waals surface area contributed by atoms with Gasteiger partial charge < -0.3 is 9.30 Å². The van der Waals surface area contributed by atoms with E-state index in [0.29, 0.717) is 17.9 Å². The summed E-state index contributed by atoms with van der Waals surface area (Å²) >= 11 is 0. The minimum atomic E-state index is -0.377. The Balaban J connectivity index is 0.00000261. The van der Waals surface area contributed by atoms with E-state index in [1.54, 1.807) is 19.1 Å². The molecule has 0 fully saturated rings. The van der Waals surface area contributed by atoms with Crippen molar-refractivity contribution in [2.24, 2.45) is 0 Å². The van der Waals surface area contributed by atoms with Crippen molar-refractivity contribution in [2.75, 3.05) is 6.61 Å². The van der Waals surface area contributed by atoms with Crippen LogP contribution in [-0.4, -0.2) is 21.1 Å². The Bertz CT molecular complexity index is 953. The second kappa shape index (κ2) is 8.86. The van der Waals surface area contributed by atoms with Crippen LogP contribution in [-0.2, 0) is 6.54 Å². The monoisotopic (exact) mass is 389 g/mol. The van der Waals surface area contributed by atoms with E-state index in [1.165, 1.54) is 22.7 Å². The van der Waals surface area contributed by atoms with Gasteiger partial charge in [-0.1, -0.05) is 0 Å². The van der Waals surface area contributed by atoms with E-state index >= 15 is 0 Å². The minimum Gasteiger partial charge on any atom is -0.494 e. The van der Waals surface area contributed by atoms with Crippen molar-refractivity contribution in [3.05, 3.63) is 63.5 Å². The second-order valence-corrected chi connectivity index (χ2v) is 6.62. The maximum Gasteiger partial charge on any atom is 0.272 e. The van der Waals surface area contributed by atoms with Crippen LogP contribution in [0, 0.1) is 30.9 Å². The minimum absolute atomic E-state index is 0. The zero-order valence-corrected chi connectivity index (χ0v) is 16.6. The summed E-state index contributed by atoms with van der Waals surface area (Å²) in [6.45, 7) is 7.42. The molecular formula is C20H24ClN3O3. The summed E-state index contributed by atoms with van der Waals surface area (Å²) in [5.74, 6) is 0.673. The van der Waals surface area contributed by atoms with Gasteiger partial charge in [-0.05, 0) is 69.0 Å². The summed E-state index contributed by atoms with van der Waals surface area (Å²) in [5, 5.41) is 10.8. The summed E-state index contributed by atoms with van der Waals surface area (Å²) in [6.07, 6.45) is 3.77. The molecule has 0 atom stereocenters. The molecule has 0 saturated heterocycles. The summed E-state index contributed by atoms with van der Waals surface area (Å²) in [5.41, 5.74) is 5.47. The number of fused-ring (bicyclic) bond motifs is 1. The number of unbranched alkanes of at least 4 members (excludes halogenated alkanes) is 1. The average molecular weight is 390 g/mol. The quantitative estimate of drug-likeness (QED) is 0.318. The molecule has 3 rings (SSSR count). The van der Waals surface area contributed by atoms with E-state index in [0.717, 1.165) is 24.9 Å². The maximum absolute atomic E-state index is 10.8. The van der Waals surface area contributed by atoms with Gasteiger partial charge in [-0.15, -0.1) is 12.4 Å². The number of nitro groups is 1. The molecular weight excluding hydrogens is 366 g/mol. The molecule has 0 unspecified atom stereocenters. The number of ether oxygens (including phenoxy) is 1. The number of benzene rings is 2. The van der Waals surface area contributed by atoms with Gasteiger partial charge in [0, 0.05) is 18.2 Å². The van der Waals surface area contributed by atoms with E-state index in [4.69, 9.17) is 4.74 Å². The molecule has 1 heterocycles. The Labute approximate surface area is 164 Å². The zero-order chi connectivity index (χ0) is 18.7. The van der Waals surface area contributed by atoms with Gasteiger partial charge in [0.15, 0.2) is 0 Å². The summed E-state index contributed by atoms with van der Waals surface area (Å²) < 4.78 is 7.89. The zero-order valence-electron chi connectivity index (χ0n) is 15.8. The summed E-state index contributed by atoms with van der Waals surface area (Å²) in [6, 6.07) is 9.17. The molecule has 27 heavy (non-hydrogen) atoms. The molecule has 0 bridgehead atoms. The molecule has 7 heteroatoms. The number of imidazole rings is 1. The second-order valence-electron chi connectivity index (χ2n) is 6.62. The molecule has 1 aromatic heterocycles. The Hall–Kier alpha value is -2.60. The number of aryl methyl sites for hydroxylation is 4. The normalized spacial score (nSPS) is 10.6. The van der Waals surface area contributed by atoms with Crippen molar-refractivity contribution in [1.82, 2.24) is 9.55 Å². The fourth-order valence-corrected chi connectivity index (χ4v) is 2.99. The lowest BCUT2D eigenvalue weighted by atomic mass is 10.1. The van der Waals surface area contributed by atoms with Gasteiger partial charge in [-0.3, -0.25) is 10.1 Å². The van der Waals surface area contributed by atoms with Gasteiger partial charge in [0.1, 0.15) is 5.75 Å². The van der Waals surface area contributed by atoms with Crippen LogP contribution in [0.4, 0.5) is 5.69 Å². The molecule has 0 spiro atoms. The number of nitro benzene ring substituents is 1. The first kappa shape index (κ1) is 20.7. The third-order valence-electron chi connectivity index (χ3n) is 4.66. The number of nitrogens with zero attached hydrogens (tertiary/aromatic N) is 3. The van der Waals surface area contributed by atoms with Crippen LogP contribution in [0.3, 0.4) is 0 Å². The largest absolute Gasteiger partial charge is 0.494 e. The lowest BCUT2D eigenvalue weighted by Gasteiger charge is -2.08. The highest BCUT2D eigenvalue weighted by Crippen LogP contribution is 2.23. The van der Waals surface area contributed by atoms with E-state index in [9.17, 15) is 10.1 Å². The fourth-order valence-electron chi connectivity index (χ4n) is 2.99. The SMILES string of the molecule is Cc1cc2ncn(CCCCOc3ccc([N+](=O)[O-])c(C)c3)c2cc1C.Cl. The Kier molecular flexibility index (Phi) is 6.80. The van der Waals surface area contributed by atoms with E-state index in [1.807, 2.05) is 6.33 Å². The van der Waals surface area contributed by atoms with Crippen molar-refractivity contribution < 1.29 is 9.66 Å². The Morgan fingerprint density at radius 3 is 2.52 bits per heavy atom. The van der Waals surface area contributed by atoms with E-state index in [2.05, 4.69) is 35.5 Å². The van der Waals surface area contributed by atoms with Crippen molar-refractivity contribution in [2.45, 2.75) is 40.2 Å². The molecule has 2 aromatic carbocycles. The number of aromatic nitrogens is 2. The third kappa shape index (κ3) is 4.77. The molecule has 0 saturated carbocycles. The first-order valence-corrected chi connectivity index (χ1v) is 8.75. The molecule has 0 aliphatic heterocycles. The van der Waals surface area contributed by atoms with Crippen molar-refractivity contribution >= 4 is 29.1 Å². The van der Waals surface area contributed by atoms with Crippen LogP contribution in [0.5, 0.6) is 5.75 Å². The van der Waals surface area contributed by atoms with Crippen LogP contribution in [0.2, 0.25) is 0 Å². The van der Waals surface area contributed by atoms with Crippen LogP contribution in [0.1, 0.15) is 29.5 Å². The fraction of sp³-hybridized carbons (Fsp3) is 0.350. The molecule has 0 amide bonds. The van der Waals surface area contributed by atoms with Crippen LogP contribution in [0.25, 0.3) is 11.0 Å². The van der Waals surface area contributed by atoms with Gasteiger partial charge in [-0.2, -0.15) is 0 Å². The van der Waals surface area contributed by atoms with Crippen LogP contribution < -0.4 is 4.74 Å². The smallest absolute Gasteiger partial charge is 0.272 e. The number of hydrogen-bond donors (Lipinski definition) is 0. The predicted octanol–water partition coefficient (Wildman–Crippen LogP) is 5.15. The number of rotatable bonds is 7. The molecule has 144 valence electrons. The first-order valence-electron chi connectivity index (χ1n) is 8.75. The Morgan fingerprint density at radius 2 is 1.81 bits per heavy atom. The molecule has 0 radical (unpaired) electrons.